The highest BCUT2D eigenvalue weighted by molar-refractivity contribution is 5.89. The van der Waals surface area contributed by atoms with Gasteiger partial charge in [-0.2, -0.15) is 13.2 Å². The number of Topliss-reactive ketones (excluding diaryl/α,β-unsaturated/α-hetero) is 1. The first-order valence-electron chi connectivity index (χ1n) is 9.58. The number of carbonyl (C=O) groups excluding carboxylic acids is 1. The second-order valence-corrected chi connectivity index (χ2v) is 8.07. The maximum Gasteiger partial charge on any atom is 0.401 e. The molecule has 4 heteroatoms. The number of rotatable bonds is 2. The van der Waals surface area contributed by atoms with Crippen LogP contribution in [-0.4, -0.2) is 12.0 Å². The summed E-state index contributed by atoms with van der Waals surface area (Å²) >= 11 is 0. The molecule has 0 bridgehead atoms. The summed E-state index contributed by atoms with van der Waals surface area (Å²) in [6, 6.07) is 0. The topological polar surface area (TPSA) is 17.1 Å². The van der Waals surface area contributed by atoms with Crippen molar-refractivity contribution in [3.63, 3.8) is 0 Å². The smallest absolute Gasteiger partial charge is 0.298 e. The predicted octanol–water partition coefficient (Wildman–Crippen LogP) is 6.06. The fourth-order valence-electron chi connectivity index (χ4n) is 5.69. The molecule has 3 aliphatic rings. The van der Waals surface area contributed by atoms with Crippen LogP contribution in [0.2, 0.25) is 0 Å². The van der Waals surface area contributed by atoms with E-state index < -0.39 is 23.3 Å². The Balaban J connectivity index is 1.89. The van der Waals surface area contributed by atoms with Crippen LogP contribution < -0.4 is 0 Å². The van der Waals surface area contributed by atoms with E-state index in [1.54, 1.807) is 0 Å². The van der Waals surface area contributed by atoms with E-state index in [-0.39, 0.29) is 18.3 Å². The lowest BCUT2D eigenvalue weighted by molar-refractivity contribution is -0.248. The minimum absolute atomic E-state index is 0.0449. The molecule has 0 spiro atoms. The van der Waals surface area contributed by atoms with Crippen molar-refractivity contribution in [2.45, 2.75) is 89.6 Å². The van der Waals surface area contributed by atoms with Crippen LogP contribution in [0.25, 0.3) is 0 Å². The molecule has 0 radical (unpaired) electrons. The van der Waals surface area contributed by atoms with Crippen LogP contribution in [0.5, 0.6) is 0 Å². The van der Waals surface area contributed by atoms with Crippen LogP contribution in [0.15, 0.2) is 0 Å². The van der Waals surface area contributed by atoms with Gasteiger partial charge in [0, 0.05) is 5.92 Å². The molecule has 0 aromatic rings. The summed E-state index contributed by atoms with van der Waals surface area (Å²) in [5.74, 6) is -1.00. The van der Waals surface area contributed by atoms with Crippen molar-refractivity contribution >= 4 is 5.78 Å². The van der Waals surface area contributed by atoms with Gasteiger partial charge in [0.05, 0.1) is 0 Å². The first-order valence-corrected chi connectivity index (χ1v) is 9.58. The van der Waals surface area contributed by atoms with Gasteiger partial charge >= 0.3 is 6.18 Å². The second-order valence-electron chi connectivity index (χ2n) is 8.07. The lowest BCUT2D eigenvalue weighted by atomic mass is 9.55. The first kappa shape index (κ1) is 17.3. The molecule has 3 saturated carbocycles. The lowest BCUT2D eigenvalue weighted by Gasteiger charge is -2.48. The minimum Gasteiger partial charge on any atom is -0.298 e. The summed E-state index contributed by atoms with van der Waals surface area (Å²) in [6.45, 7) is 0. The fraction of sp³-hybridized carbons (Fsp3) is 0.947. The molecule has 0 amide bonds. The minimum atomic E-state index is -4.38. The second kappa shape index (κ2) is 6.76. The molecule has 3 fully saturated rings. The Hall–Kier alpha value is -0.540. The molecule has 23 heavy (non-hydrogen) atoms. The van der Waals surface area contributed by atoms with Gasteiger partial charge in [0.2, 0.25) is 0 Å². The summed E-state index contributed by atoms with van der Waals surface area (Å²) in [7, 11) is 0. The third-order valence-electron chi connectivity index (χ3n) is 6.89. The van der Waals surface area contributed by atoms with E-state index in [0.717, 1.165) is 44.9 Å². The average molecular weight is 330 g/mol. The zero-order valence-corrected chi connectivity index (χ0v) is 14.0. The molecule has 3 rings (SSSR count). The Morgan fingerprint density at radius 3 is 1.91 bits per heavy atom. The molecule has 3 aliphatic carbocycles. The Labute approximate surface area is 137 Å². The third-order valence-corrected chi connectivity index (χ3v) is 6.89. The van der Waals surface area contributed by atoms with Crippen LogP contribution in [0, 0.1) is 23.2 Å². The molecule has 0 saturated heterocycles. The molecular formula is C19H29F3O. The van der Waals surface area contributed by atoms with Crippen LogP contribution in [0.4, 0.5) is 13.2 Å². The Bertz CT molecular complexity index is 419. The van der Waals surface area contributed by atoms with Crippen LogP contribution in [-0.2, 0) is 4.79 Å². The van der Waals surface area contributed by atoms with E-state index in [9.17, 15) is 18.0 Å². The van der Waals surface area contributed by atoms with Crippen molar-refractivity contribution in [3.05, 3.63) is 0 Å². The van der Waals surface area contributed by atoms with Crippen molar-refractivity contribution in [2.24, 2.45) is 23.2 Å². The maximum atomic E-state index is 14.2. The van der Waals surface area contributed by atoms with Gasteiger partial charge in [-0.3, -0.25) is 4.79 Å². The quantitative estimate of drug-likeness (QED) is 0.601. The number of hydrogen-bond donors (Lipinski definition) is 0. The highest BCUT2D eigenvalue weighted by atomic mass is 19.4. The molecule has 0 heterocycles. The molecule has 132 valence electrons. The molecule has 0 aromatic carbocycles. The molecule has 0 aromatic heterocycles. The predicted molar refractivity (Wildman–Crippen MR) is 84.0 cm³/mol. The number of carbonyl (C=O) groups is 1. The summed E-state index contributed by atoms with van der Waals surface area (Å²) in [5.41, 5.74) is -2.02. The number of hydrogen-bond acceptors (Lipinski definition) is 1. The van der Waals surface area contributed by atoms with Crippen molar-refractivity contribution in [2.75, 3.05) is 0 Å². The van der Waals surface area contributed by atoms with Gasteiger partial charge < -0.3 is 0 Å². The molecular weight excluding hydrogens is 301 g/mol. The molecule has 0 aliphatic heterocycles. The number of ketones is 1. The maximum absolute atomic E-state index is 14.2. The van der Waals surface area contributed by atoms with Crippen molar-refractivity contribution in [3.8, 4) is 0 Å². The SMILES string of the molecule is O=C1C(C2CCCCC2)CCCC1(C1CCCCC1)C(F)(F)F. The summed E-state index contributed by atoms with van der Waals surface area (Å²) in [4.78, 5) is 13.2. The Morgan fingerprint density at radius 1 is 0.783 bits per heavy atom. The summed E-state index contributed by atoms with van der Waals surface area (Å²) in [6.07, 6.45) is 6.06. The fourth-order valence-corrected chi connectivity index (χ4v) is 5.69. The zero-order valence-electron chi connectivity index (χ0n) is 14.0. The van der Waals surface area contributed by atoms with E-state index in [1.807, 2.05) is 0 Å². The van der Waals surface area contributed by atoms with Gasteiger partial charge in [-0.25, -0.2) is 0 Å². The van der Waals surface area contributed by atoms with Gasteiger partial charge in [-0.1, -0.05) is 44.9 Å². The molecule has 1 nitrogen and oxygen atoms in total. The largest absolute Gasteiger partial charge is 0.401 e. The Kier molecular flexibility index (Phi) is 5.08. The summed E-state index contributed by atoms with van der Waals surface area (Å²) in [5, 5.41) is 0. The van der Waals surface area contributed by atoms with Crippen molar-refractivity contribution in [1.82, 2.24) is 0 Å². The standard InChI is InChI=1S/C19H29F3O/c20-19(21,22)18(15-10-5-2-6-11-15)13-7-12-16(17(18)23)14-8-3-1-4-9-14/h14-16H,1-13H2. The van der Waals surface area contributed by atoms with Gasteiger partial charge in [0.25, 0.3) is 0 Å². The van der Waals surface area contributed by atoms with Gasteiger partial charge in [-0.15, -0.1) is 0 Å². The van der Waals surface area contributed by atoms with Gasteiger partial charge in [0.15, 0.2) is 5.78 Å². The zero-order chi connectivity index (χ0) is 16.5. The average Bonchev–Trinajstić information content (AvgIpc) is 2.55. The van der Waals surface area contributed by atoms with Crippen LogP contribution >= 0.6 is 0 Å². The van der Waals surface area contributed by atoms with Crippen LogP contribution in [0.1, 0.15) is 83.5 Å². The highest BCUT2D eigenvalue weighted by Crippen LogP contribution is 2.58. The lowest BCUT2D eigenvalue weighted by Crippen LogP contribution is -2.56. The molecule has 2 unspecified atom stereocenters. The third kappa shape index (κ3) is 3.07. The number of alkyl halides is 3. The van der Waals surface area contributed by atoms with Crippen molar-refractivity contribution < 1.29 is 18.0 Å². The van der Waals surface area contributed by atoms with E-state index in [1.165, 1.54) is 6.42 Å². The van der Waals surface area contributed by atoms with E-state index in [0.29, 0.717) is 25.7 Å². The monoisotopic (exact) mass is 330 g/mol. The van der Waals surface area contributed by atoms with Crippen LogP contribution in [0.3, 0.4) is 0 Å². The normalized spacial score (nSPS) is 35.4. The molecule has 2 atom stereocenters. The summed E-state index contributed by atoms with van der Waals surface area (Å²) < 4.78 is 42.5. The van der Waals surface area contributed by atoms with E-state index >= 15 is 0 Å². The van der Waals surface area contributed by atoms with E-state index in [4.69, 9.17) is 0 Å². The van der Waals surface area contributed by atoms with Crippen molar-refractivity contribution in [1.29, 1.82) is 0 Å². The van der Waals surface area contributed by atoms with Gasteiger partial charge in [-0.05, 0) is 50.4 Å². The highest BCUT2D eigenvalue weighted by Gasteiger charge is 2.65. The van der Waals surface area contributed by atoms with E-state index in [2.05, 4.69) is 0 Å². The molecule has 0 N–H and O–H groups in total. The Morgan fingerprint density at radius 2 is 1.35 bits per heavy atom. The first-order chi connectivity index (χ1) is 11.0. The van der Waals surface area contributed by atoms with Gasteiger partial charge in [0.1, 0.15) is 5.41 Å². The number of halogens is 3.